The Kier molecular flexibility index (Phi) is 4.97. The van der Waals surface area contributed by atoms with E-state index in [4.69, 9.17) is 23.2 Å². The van der Waals surface area contributed by atoms with E-state index in [9.17, 15) is 8.78 Å². The molecule has 20 heavy (non-hydrogen) atoms. The van der Waals surface area contributed by atoms with E-state index in [1.54, 1.807) is 19.2 Å². The number of likely N-dealkylation sites (N-methyl/N-ethyl adjacent to an activating group) is 1. The van der Waals surface area contributed by atoms with Crippen LogP contribution in [0, 0.1) is 11.6 Å². The van der Waals surface area contributed by atoms with Gasteiger partial charge in [-0.1, -0.05) is 35.3 Å². The summed E-state index contributed by atoms with van der Waals surface area (Å²) in [6, 6.07) is 8.79. The molecule has 0 aliphatic heterocycles. The van der Waals surface area contributed by atoms with Crippen molar-refractivity contribution in [2.24, 2.45) is 0 Å². The maximum atomic E-state index is 13.5. The van der Waals surface area contributed by atoms with Crippen LogP contribution >= 0.6 is 23.2 Å². The van der Waals surface area contributed by atoms with Gasteiger partial charge in [0, 0.05) is 11.1 Å². The van der Waals surface area contributed by atoms with Gasteiger partial charge in [-0.25, -0.2) is 8.78 Å². The highest BCUT2D eigenvalue weighted by molar-refractivity contribution is 6.31. The molecular formula is C15H13Cl2F2N. The van der Waals surface area contributed by atoms with E-state index >= 15 is 0 Å². The van der Waals surface area contributed by atoms with Gasteiger partial charge in [0.15, 0.2) is 0 Å². The Morgan fingerprint density at radius 1 is 1.05 bits per heavy atom. The maximum Gasteiger partial charge on any atom is 0.142 e. The molecule has 0 saturated heterocycles. The molecule has 2 aromatic carbocycles. The van der Waals surface area contributed by atoms with Crippen molar-refractivity contribution in [2.45, 2.75) is 12.5 Å². The highest BCUT2D eigenvalue weighted by Gasteiger charge is 2.14. The van der Waals surface area contributed by atoms with Crippen molar-refractivity contribution < 1.29 is 8.78 Å². The van der Waals surface area contributed by atoms with Gasteiger partial charge >= 0.3 is 0 Å². The van der Waals surface area contributed by atoms with E-state index in [1.807, 2.05) is 0 Å². The molecule has 0 spiro atoms. The molecule has 5 heteroatoms. The molecule has 106 valence electrons. The predicted molar refractivity (Wildman–Crippen MR) is 78.3 cm³/mol. The summed E-state index contributed by atoms with van der Waals surface area (Å²) in [4.78, 5) is 0. The zero-order valence-corrected chi connectivity index (χ0v) is 12.3. The van der Waals surface area contributed by atoms with Crippen molar-refractivity contribution in [3.63, 3.8) is 0 Å². The topological polar surface area (TPSA) is 12.0 Å². The van der Waals surface area contributed by atoms with Crippen molar-refractivity contribution in [3.05, 3.63) is 69.2 Å². The standard InChI is InChI=1S/C15H13Cl2F2N/c1-20-15(10-3-5-12(16)14(19)6-10)7-9-2-4-11(18)8-13(9)17/h2-6,8,15,20H,7H2,1H3. The molecule has 1 nitrogen and oxygen atoms in total. The van der Waals surface area contributed by atoms with Gasteiger partial charge in [0.1, 0.15) is 11.6 Å². The van der Waals surface area contributed by atoms with Gasteiger partial charge in [0.25, 0.3) is 0 Å². The second kappa shape index (κ2) is 6.53. The maximum absolute atomic E-state index is 13.5. The lowest BCUT2D eigenvalue weighted by Crippen LogP contribution is -2.19. The van der Waals surface area contributed by atoms with Gasteiger partial charge in [-0.2, -0.15) is 0 Å². The zero-order valence-electron chi connectivity index (χ0n) is 10.8. The Balaban J connectivity index is 2.26. The minimum absolute atomic E-state index is 0.0865. The van der Waals surface area contributed by atoms with Crippen LogP contribution in [0.3, 0.4) is 0 Å². The molecule has 1 unspecified atom stereocenters. The number of halogens is 4. The number of hydrogen-bond acceptors (Lipinski definition) is 1. The fraction of sp³-hybridized carbons (Fsp3) is 0.200. The van der Waals surface area contributed by atoms with Crippen LogP contribution in [0.5, 0.6) is 0 Å². The minimum Gasteiger partial charge on any atom is -0.313 e. The highest BCUT2D eigenvalue weighted by Crippen LogP contribution is 2.26. The smallest absolute Gasteiger partial charge is 0.142 e. The summed E-state index contributed by atoms with van der Waals surface area (Å²) in [6.07, 6.45) is 0.524. The lowest BCUT2D eigenvalue weighted by molar-refractivity contribution is 0.576. The van der Waals surface area contributed by atoms with Crippen molar-refractivity contribution >= 4 is 23.2 Å². The van der Waals surface area contributed by atoms with Crippen LogP contribution in [-0.4, -0.2) is 7.05 Å². The van der Waals surface area contributed by atoms with Crippen LogP contribution in [-0.2, 0) is 6.42 Å². The first kappa shape index (κ1) is 15.2. The van der Waals surface area contributed by atoms with E-state index in [0.717, 1.165) is 11.1 Å². The minimum atomic E-state index is -0.463. The van der Waals surface area contributed by atoms with E-state index in [0.29, 0.717) is 11.4 Å². The normalized spacial score (nSPS) is 12.4. The van der Waals surface area contributed by atoms with Crippen LogP contribution in [0.1, 0.15) is 17.2 Å². The molecule has 0 radical (unpaired) electrons. The largest absolute Gasteiger partial charge is 0.313 e. The Morgan fingerprint density at radius 2 is 1.80 bits per heavy atom. The van der Waals surface area contributed by atoms with Gasteiger partial charge < -0.3 is 5.32 Å². The van der Waals surface area contributed by atoms with E-state index in [2.05, 4.69) is 5.32 Å². The summed E-state index contributed by atoms with van der Waals surface area (Å²) in [6.45, 7) is 0. The monoisotopic (exact) mass is 315 g/mol. The quantitative estimate of drug-likeness (QED) is 0.856. The average Bonchev–Trinajstić information content (AvgIpc) is 2.41. The molecule has 0 heterocycles. The first-order valence-electron chi connectivity index (χ1n) is 6.07. The van der Waals surface area contributed by atoms with Crippen molar-refractivity contribution in [1.82, 2.24) is 5.32 Å². The molecule has 2 aromatic rings. The summed E-state index contributed by atoms with van der Waals surface area (Å²) in [5, 5.41) is 3.54. The van der Waals surface area contributed by atoms with Crippen LogP contribution in [0.4, 0.5) is 8.78 Å². The van der Waals surface area contributed by atoms with Gasteiger partial charge in [0.2, 0.25) is 0 Å². The summed E-state index contributed by atoms with van der Waals surface area (Å²) >= 11 is 11.7. The molecule has 0 aromatic heterocycles. The van der Waals surface area contributed by atoms with Gasteiger partial charge in [-0.15, -0.1) is 0 Å². The summed E-state index contributed by atoms with van der Waals surface area (Å²) in [7, 11) is 1.77. The van der Waals surface area contributed by atoms with Crippen molar-refractivity contribution in [1.29, 1.82) is 0 Å². The number of rotatable bonds is 4. The molecule has 0 bridgehead atoms. The number of hydrogen-bond donors (Lipinski definition) is 1. The van der Waals surface area contributed by atoms with E-state index < -0.39 is 5.82 Å². The number of nitrogens with one attached hydrogen (secondary N) is 1. The fourth-order valence-corrected chi connectivity index (χ4v) is 2.38. The molecule has 0 aliphatic carbocycles. The first-order chi connectivity index (χ1) is 9.51. The third-order valence-electron chi connectivity index (χ3n) is 3.13. The fourth-order valence-electron chi connectivity index (χ4n) is 2.02. The summed E-state index contributed by atoms with van der Waals surface area (Å²) < 4.78 is 26.5. The Labute approximate surface area is 126 Å². The van der Waals surface area contributed by atoms with Crippen LogP contribution in [0.25, 0.3) is 0 Å². The lowest BCUT2D eigenvalue weighted by atomic mass is 9.99. The van der Waals surface area contributed by atoms with Crippen LogP contribution in [0.15, 0.2) is 36.4 Å². The first-order valence-corrected chi connectivity index (χ1v) is 6.83. The molecule has 0 amide bonds. The summed E-state index contributed by atoms with van der Waals surface area (Å²) in [5.41, 5.74) is 1.55. The van der Waals surface area contributed by atoms with Gasteiger partial charge in [-0.3, -0.25) is 0 Å². The molecule has 1 N–H and O–H groups in total. The van der Waals surface area contributed by atoms with Crippen LogP contribution in [0.2, 0.25) is 10.0 Å². The van der Waals surface area contributed by atoms with Gasteiger partial charge in [-0.05, 0) is 48.9 Å². The summed E-state index contributed by atoms with van der Waals surface area (Å²) in [5.74, 6) is -0.841. The van der Waals surface area contributed by atoms with Crippen molar-refractivity contribution in [3.8, 4) is 0 Å². The van der Waals surface area contributed by atoms with Gasteiger partial charge in [0.05, 0.1) is 5.02 Å². The van der Waals surface area contributed by atoms with E-state index in [-0.39, 0.29) is 16.9 Å². The Hall–Kier alpha value is -1.16. The lowest BCUT2D eigenvalue weighted by Gasteiger charge is -2.18. The Morgan fingerprint density at radius 3 is 2.40 bits per heavy atom. The predicted octanol–water partition coefficient (Wildman–Crippen LogP) is 4.77. The SMILES string of the molecule is CNC(Cc1ccc(F)cc1Cl)c1ccc(Cl)c(F)c1. The molecule has 0 fully saturated rings. The van der Waals surface area contributed by atoms with Crippen LogP contribution < -0.4 is 5.32 Å². The molecule has 0 saturated carbocycles. The highest BCUT2D eigenvalue weighted by atomic mass is 35.5. The molecule has 2 rings (SSSR count). The molecular weight excluding hydrogens is 303 g/mol. The van der Waals surface area contributed by atoms with Crippen molar-refractivity contribution in [2.75, 3.05) is 7.05 Å². The third kappa shape index (κ3) is 3.48. The zero-order chi connectivity index (χ0) is 14.7. The second-order valence-corrected chi connectivity index (χ2v) is 5.27. The third-order valence-corrected chi connectivity index (χ3v) is 3.79. The van der Waals surface area contributed by atoms with E-state index in [1.165, 1.54) is 24.3 Å². The number of benzene rings is 2. The average molecular weight is 316 g/mol. The second-order valence-electron chi connectivity index (χ2n) is 4.45. The molecule has 0 aliphatic rings. The Bertz CT molecular complexity index is 617. The molecule has 1 atom stereocenters.